The molecule has 1 amide bonds. The highest BCUT2D eigenvalue weighted by molar-refractivity contribution is 7.11. The molecule has 0 aromatic carbocycles. The molecule has 0 atom stereocenters. The summed E-state index contributed by atoms with van der Waals surface area (Å²) in [5.74, 6) is 0.0469. The van der Waals surface area contributed by atoms with Gasteiger partial charge in [-0.3, -0.25) is 4.79 Å². The zero-order chi connectivity index (χ0) is 15.4. The summed E-state index contributed by atoms with van der Waals surface area (Å²) < 4.78 is 0. The van der Waals surface area contributed by atoms with Crippen LogP contribution in [0.15, 0.2) is 0 Å². The first-order valence-corrected chi connectivity index (χ1v) is 9.54. The van der Waals surface area contributed by atoms with Gasteiger partial charge in [-0.15, -0.1) is 23.7 Å². The number of nitrogens with two attached hydrogens (primary N) is 1. The molecule has 130 valence electrons. The van der Waals surface area contributed by atoms with Crippen LogP contribution in [-0.2, 0) is 24.1 Å². The minimum Gasteiger partial charge on any atom is -0.354 e. The molecule has 0 spiro atoms. The predicted octanol–water partition coefficient (Wildman–Crippen LogP) is 3.15. The fourth-order valence-electron chi connectivity index (χ4n) is 3.54. The number of nitrogens with one attached hydrogen (secondary N) is 1. The topological polar surface area (TPSA) is 68.0 Å². The van der Waals surface area contributed by atoms with E-state index in [1.807, 2.05) is 11.3 Å². The van der Waals surface area contributed by atoms with Crippen molar-refractivity contribution in [1.29, 1.82) is 0 Å². The number of aryl methyl sites for hydroxylation is 3. The fourth-order valence-corrected chi connectivity index (χ4v) is 4.74. The molecule has 3 rings (SSSR count). The van der Waals surface area contributed by atoms with Crippen molar-refractivity contribution in [3.63, 3.8) is 0 Å². The molecule has 1 heterocycles. The number of carbonyl (C=O) groups is 1. The Kier molecular flexibility index (Phi) is 6.86. The quantitative estimate of drug-likeness (QED) is 0.795. The van der Waals surface area contributed by atoms with Crippen LogP contribution in [0.1, 0.15) is 66.9 Å². The lowest BCUT2D eigenvalue weighted by Gasteiger charge is -2.31. The minimum atomic E-state index is -0.613. The molecule has 0 bridgehead atoms. The highest BCUT2D eigenvalue weighted by Crippen LogP contribution is 2.27. The van der Waals surface area contributed by atoms with Crippen LogP contribution in [0.5, 0.6) is 0 Å². The summed E-state index contributed by atoms with van der Waals surface area (Å²) in [5.41, 5.74) is 6.96. The SMILES string of the molecule is Cl.NC1(C(=O)NCCCc2nc3c(s2)CCCC3)CCCCC1. The zero-order valence-corrected chi connectivity index (χ0v) is 15.4. The summed E-state index contributed by atoms with van der Waals surface area (Å²) in [6.45, 7) is 0.710. The summed E-state index contributed by atoms with van der Waals surface area (Å²) in [6, 6.07) is 0. The summed E-state index contributed by atoms with van der Waals surface area (Å²) >= 11 is 1.87. The predicted molar refractivity (Wildman–Crippen MR) is 97.3 cm³/mol. The normalized spacial score (nSPS) is 19.5. The lowest BCUT2D eigenvalue weighted by atomic mass is 9.82. The van der Waals surface area contributed by atoms with Gasteiger partial charge in [-0.25, -0.2) is 4.98 Å². The number of carbonyl (C=O) groups excluding carboxylic acids is 1. The molecule has 1 aromatic rings. The number of fused-ring (bicyclic) bond motifs is 1. The third-order valence-corrected chi connectivity index (χ3v) is 6.16. The van der Waals surface area contributed by atoms with E-state index in [0.717, 1.165) is 44.9 Å². The van der Waals surface area contributed by atoms with Gasteiger partial charge >= 0.3 is 0 Å². The van der Waals surface area contributed by atoms with Crippen molar-refractivity contribution < 1.29 is 4.79 Å². The molecule has 6 heteroatoms. The molecule has 0 aliphatic heterocycles. The fraction of sp³-hybridized carbons (Fsp3) is 0.765. The molecule has 2 aliphatic carbocycles. The van der Waals surface area contributed by atoms with Crippen molar-refractivity contribution in [2.24, 2.45) is 5.73 Å². The van der Waals surface area contributed by atoms with Gasteiger partial charge in [0.05, 0.1) is 16.2 Å². The summed E-state index contributed by atoms with van der Waals surface area (Å²) in [6.07, 6.45) is 11.9. The zero-order valence-electron chi connectivity index (χ0n) is 13.7. The number of thiazole rings is 1. The maximum absolute atomic E-state index is 12.2. The number of halogens is 1. The maximum Gasteiger partial charge on any atom is 0.240 e. The molecular formula is C17H28ClN3OS. The van der Waals surface area contributed by atoms with Crippen LogP contribution in [0.3, 0.4) is 0 Å². The number of aromatic nitrogens is 1. The number of nitrogens with zero attached hydrogens (tertiary/aromatic N) is 1. The van der Waals surface area contributed by atoms with Gasteiger partial charge in [-0.05, 0) is 44.9 Å². The van der Waals surface area contributed by atoms with Crippen LogP contribution in [0.25, 0.3) is 0 Å². The second-order valence-electron chi connectivity index (χ2n) is 6.76. The molecule has 1 fully saturated rings. The van der Waals surface area contributed by atoms with Crippen molar-refractivity contribution in [2.75, 3.05) is 6.54 Å². The largest absolute Gasteiger partial charge is 0.354 e. The van der Waals surface area contributed by atoms with Crippen LogP contribution >= 0.6 is 23.7 Å². The van der Waals surface area contributed by atoms with Gasteiger partial charge in [-0.1, -0.05) is 19.3 Å². The Morgan fingerprint density at radius 1 is 1.17 bits per heavy atom. The molecule has 1 saturated carbocycles. The molecule has 0 radical (unpaired) electrons. The molecule has 3 N–H and O–H groups in total. The molecular weight excluding hydrogens is 330 g/mol. The Labute approximate surface area is 149 Å². The standard InChI is InChI=1S/C17H27N3OS.ClH/c18-17(10-4-1-5-11-17)16(21)19-12-6-9-15-20-13-7-2-3-8-14(13)22-15;/h1-12,18H2,(H,19,21);1H. The lowest BCUT2D eigenvalue weighted by Crippen LogP contribution is -2.55. The van der Waals surface area contributed by atoms with Gasteiger partial charge < -0.3 is 11.1 Å². The van der Waals surface area contributed by atoms with Crippen molar-refractivity contribution in [2.45, 2.75) is 76.2 Å². The van der Waals surface area contributed by atoms with E-state index in [1.54, 1.807) is 0 Å². The van der Waals surface area contributed by atoms with Crippen molar-refractivity contribution in [3.05, 3.63) is 15.6 Å². The van der Waals surface area contributed by atoms with Gasteiger partial charge in [0.1, 0.15) is 0 Å². The second-order valence-corrected chi connectivity index (χ2v) is 7.93. The summed E-state index contributed by atoms with van der Waals surface area (Å²) in [5, 5.41) is 4.28. The van der Waals surface area contributed by atoms with Gasteiger partial charge in [0.25, 0.3) is 0 Å². The average Bonchev–Trinajstić information content (AvgIpc) is 2.95. The first kappa shape index (κ1) is 18.7. The number of amides is 1. The summed E-state index contributed by atoms with van der Waals surface area (Å²) in [7, 11) is 0. The Bertz CT molecular complexity index is 502. The van der Waals surface area contributed by atoms with E-state index in [9.17, 15) is 4.79 Å². The molecule has 0 saturated heterocycles. The van der Waals surface area contributed by atoms with Crippen LogP contribution in [0.4, 0.5) is 0 Å². The van der Waals surface area contributed by atoms with Gasteiger partial charge in [0.15, 0.2) is 0 Å². The number of rotatable bonds is 5. The van der Waals surface area contributed by atoms with Crippen LogP contribution in [-0.4, -0.2) is 23.0 Å². The monoisotopic (exact) mass is 357 g/mol. The number of hydrogen-bond donors (Lipinski definition) is 2. The van der Waals surface area contributed by atoms with E-state index in [0.29, 0.717) is 6.54 Å². The van der Waals surface area contributed by atoms with Crippen molar-refractivity contribution in [1.82, 2.24) is 10.3 Å². The second kappa shape index (κ2) is 8.45. The van der Waals surface area contributed by atoms with Gasteiger partial charge in [0, 0.05) is 17.8 Å². The Morgan fingerprint density at radius 3 is 2.65 bits per heavy atom. The third-order valence-electron chi connectivity index (χ3n) is 4.94. The Morgan fingerprint density at radius 2 is 1.91 bits per heavy atom. The third kappa shape index (κ3) is 4.68. The summed E-state index contributed by atoms with van der Waals surface area (Å²) in [4.78, 5) is 18.5. The maximum atomic E-state index is 12.2. The van der Waals surface area contributed by atoms with Crippen LogP contribution in [0.2, 0.25) is 0 Å². The molecule has 2 aliphatic rings. The smallest absolute Gasteiger partial charge is 0.240 e. The van der Waals surface area contributed by atoms with E-state index >= 15 is 0 Å². The average molecular weight is 358 g/mol. The Balaban J connectivity index is 0.00000192. The highest BCUT2D eigenvalue weighted by Gasteiger charge is 2.34. The van der Waals surface area contributed by atoms with E-state index in [2.05, 4.69) is 5.32 Å². The van der Waals surface area contributed by atoms with Crippen molar-refractivity contribution in [3.8, 4) is 0 Å². The molecule has 1 aromatic heterocycles. The highest BCUT2D eigenvalue weighted by atomic mass is 35.5. The van der Waals surface area contributed by atoms with E-state index in [-0.39, 0.29) is 18.3 Å². The first-order valence-electron chi connectivity index (χ1n) is 8.72. The first-order chi connectivity index (χ1) is 10.7. The van der Waals surface area contributed by atoms with Crippen LogP contribution < -0.4 is 11.1 Å². The van der Waals surface area contributed by atoms with Gasteiger partial charge in [0.2, 0.25) is 5.91 Å². The Hall–Kier alpha value is -0.650. The lowest BCUT2D eigenvalue weighted by molar-refractivity contribution is -0.127. The van der Waals surface area contributed by atoms with E-state index in [4.69, 9.17) is 10.7 Å². The minimum absolute atomic E-state index is 0. The van der Waals surface area contributed by atoms with E-state index in [1.165, 1.54) is 41.3 Å². The molecule has 0 unspecified atom stereocenters. The molecule has 23 heavy (non-hydrogen) atoms. The van der Waals surface area contributed by atoms with E-state index < -0.39 is 5.54 Å². The number of hydrogen-bond acceptors (Lipinski definition) is 4. The molecule has 4 nitrogen and oxygen atoms in total. The van der Waals surface area contributed by atoms with Crippen molar-refractivity contribution >= 4 is 29.7 Å². The van der Waals surface area contributed by atoms with Crippen LogP contribution in [0, 0.1) is 0 Å². The van der Waals surface area contributed by atoms with Gasteiger partial charge in [-0.2, -0.15) is 0 Å².